The van der Waals surface area contributed by atoms with Gasteiger partial charge in [-0.1, -0.05) is 25.4 Å². The summed E-state index contributed by atoms with van der Waals surface area (Å²) >= 11 is 5.65. The molecular weight excluding hydrogens is 146 g/mol. The Labute approximate surface area is 66.0 Å². The van der Waals surface area contributed by atoms with Crippen molar-refractivity contribution in [3.63, 3.8) is 0 Å². The third kappa shape index (κ3) is 1.71. The first-order valence-electron chi connectivity index (χ1n) is 3.31. The first-order chi connectivity index (χ1) is 4.70. The molecule has 0 saturated heterocycles. The number of nitrogens with zero attached hydrogens (tertiary/aromatic N) is 1. The molecule has 0 atom stereocenters. The van der Waals surface area contributed by atoms with Gasteiger partial charge in [-0.2, -0.15) is 0 Å². The van der Waals surface area contributed by atoms with Gasteiger partial charge in [0.05, 0.1) is 5.02 Å². The molecule has 0 amide bonds. The molecule has 0 aromatic carbocycles. The topological polar surface area (TPSA) is 12.9 Å². The number of pyridine rings is 1. The van der Waals surface area contributed by atoms with Crippen LogP contribution in [0.25, 0.3) is 0 Å². The average molecular weight is 156 g/mol. The van der Waals surface area contributed by atoms with Gasteiger partial charge in [-0.15, -0.1) is 0 Å². The lowest BCUT2D eigenvalue weighted by Crippen LogP contribution is -1.89. The van der Waals surface area contributed by atoms with E-state index in [-0.39, 0.29) is 0 Å². The molecule has 0 bridgehead atoms. The minimum absolute atomic E-state index is 0.484. The first kappa shape index (κ1) is 7.55. The fourth-order valence-electron chi connectivity index (χ4n) is 0.729. The molecule has 0 spiro atoms. The second-order valence-electron chi connectivity index (χ2n) is 2.56. The molecule has 0 unspecified atom stereocenters. The quantitative estimate of drug-likeness (QED) is 0.608. The van der Waals surface area contributed by atoms with Gasteiger partial charge < -0.3 is 0 Å². The first-order valence-corrected chi connectivity index (χ1v) is 3.69. The summed E-state index contributed by atoms with van der Waals surface area (Å²) in [4.78, 5) is 4.15. The Morgan fingerprint density at radius 3 is 2.50 bits per heavy atom. The van der Waals surface area contributed by atoms with E-state index in [0.29, 0.717) is 10.9 Å². The summed E-state index contributed by atoms with van der Waals surface area (Å²) in [6.45, 7) is 4.21. The van der Waals surface area contributed by atoms with Crippen molar-refractivity contribution in [1.29, 1.82) is 0 Å². The zero-order chi connectivity index (χ0) is 7.56. The Hall–Kier alpha value is -0.560. The predicted octanol–water partition coefficient (Wildman–Crippen LogP) is 2.86. The van der Waals surface area contributed by atoms with Crippen LogP contribution < -0.4 is 0 Å². The Kier molecular flexibility index (Phi) is 2.28. The number of aromatic nitrogens is 1. The van der Waals surface area contributed by atoms with E-state index in [0.717, 1.165) is 5.69 Å². The van der Waals surface area contributed by atoms with Crippen molar-refractivity contribution < 1.29 is 0 Å². The molecule has 0 saturated carbocycles. The third-order valence-electron chi connectivity index (χ3n) is 1.34. The van der Waals surface area contributed by atoms with E-state index in [1.165, 1.54) is 0 Å². The number of hydrogen-bond donors (Lipinski definition) is 0. The molecule has 10 heavy (non-hydrogen) atoms. The molecule has 1 aromatic heterocycles. The van der Waals surface area contributed by atoms with E-state index in [2.05, 4.69) is 18.8 Å². The Bertz CT molecular complexity index is 203. The zero-order valence-electron chi connectivity index (χ0n) is 6.13. The predicted molar refractivity (Wildman–Crippen MR) is 43.3 cm³/mol. The molecule has 1 nitrogen and oxygen atoms in total. The average Bonchev–Trinajstić information content (AvgIpc) is 1.88. The van der Waals surface area contributed by atoms with Crippen LogP contribution in [-0.2, 0) is 0 Å². The van der Waals surface area contributed by atoms with Crippen molar-refractivity contribution in [2.24, 2.45) is 0 Å². The van der Waals surface area contributed by atoms with Crippen molar-refractivity contribution in [2.75, 3.05) is 0 Å². The summed E-state index contributed by atoms with van der Waals surface area (Å²) in [5.41, 5.74) is 1.09. The molecule has 0 aliphatic heterocycles. The molecule has 2 heteroatoms. The highest BCUT2D eigenvalue weighted by atomic mass is 35.5. The maximum atomic E-state index is 5.65. The molecule has 0 aliphatic carbocycles. The third-order valence-corrected chi connectivity index (χ3v) is 1.57. The van der Waals surface area contributed by atoms with E-state index in [1.54, 1.807) is 6.20 Å². The maximum absolute atomic E-state index is 5.65. The van der Waals surface area contributed by atoms with Crippen LogP contribution >= 0.6 is 11.6 Å². The van der Waals surface area contributed by atoms with Gasteiger partial charge in [-0.3, -0.25) is 4.98 Å². The number of hydrogen-bond acceptors (Lipinski definition) is 1. The zero-order valence-corrected chi connectivity index (χ0v) is 6.89. The highest BCUT2D eigenvalue weighted by Crippen LogP contribution is 2.13. The highest BCUT2D eigenvalue weighted by Gasteiger charge is 1.97. The smallest absolute Gasteiger partial charge is 0.0589 e. The van der Waals surface area contributed by atoms with Crippen LogP contribution in [0.5, 0.6) is 0 Å². The molecular formula is C8H10ClN. The summed E-state index contributed by atoms with van der Waals surface area (Å²) < 4.78 is 0. The van der Waals surface area contributed by atoms with Crippen molar-refractivity contribution in [3.8, 4) is 0 Å². The van der Waals surface area contributed by atoms with E-state index in [1.807, 2.05) is 12.1 Å². The van der Waals surface area contributed by atoms with Gasteiger partial charge in [-0.05, 0) is 18.1 Å². The standard InChI is InChI=1S/C8H10ClN/c1-6(2)8-4-3-7(9)5-10-8/h3-6H,1-2H3. The fourth-order valence-corrected chi connectivity index (χ4v) is 0.841. The van der Waals surface area contributed by atoms with E-state index < -0.39 is 0 Å². The number of halogens is 1. The molecule has 1 rings (SSSR count). The Balaban J connectivity index is 2.89. The van der Waals surface area contributed by atoms with Gasteiger partial charge in [-0.25, -0.2) is 0 Å². The minimum atomic E-state index is 0.484. The molecule has 0 fully saturated rings. The lowest BCUT2D eigenvalue weighted by Gasteiger charge is -2.01. The van der Waals surface area contributed by atoms with Crippen LogP contribution in [-0.4, -0.2) is 4.98 Å². The summed E-state index contributed by atoms with van der Waals surface area (Å²) in [6.07, 6.45) is 1.68. The van der Waals surface area contributed by atoms with Gasteiger partial charge in [0.25, 0.3) is 0 Å². The molecule has 1 heterocycles. The summed E-state index contributed by atoms with van der Waals surface area (Å²) in [5.74, 6) is 0.484. The van der Waals surface area contributed by atoms with E-state index in [4.69, 9.17) is 11.6 Å². The largest absolute Gasteiger partial charge is 0.259 e. The maximum Gasteiger partial charge on any atom is 0.0589 e. The molecule has 54 valence electrons. The second kappa shape index (κ2) is 3.02. The van der Waals surface area contributed by atoms with Gasteiger partial charge in [0, 0.05) is 11.9 Å². The lowest BCUT2D eigenvalue weighted by molar-refractivity contribution is 0.823. The minimum Gasteiger partial charge on any atom is -0.259 e. The van der Waals surface area contributed by atoms with Crippen LogP contribution in [0.4, 0.5) is 0 Å². The van der Waals surface area contributed by atoms with Crippen LogP contribution in [0.15, 0.2) is 18.3 Å². The summed E-state index contributed by atoms with van der Waals surface area (Å²) in [6, 6.07) is 3.82. The number of rotatable bonds is 1. The van der Waals surface area contributed by atoms with Gasteiger partial charge in [0.1, 0.15) is 0 Å². The van der Waals surface area contributed by atoms with Crippen molar-refractivity contribution in [1.82, 2.24) is 4.98 Å². The van der Waals surface area contributed by atoms with Gasteiger partial charge >= 0.3 is 0 Å². The van der Waals surface area contributed by atoms with Crippen LogP contribution in [0.2, 0.25) is 5.02 Å². The monoisotopic (exact) mass is 155 g/mol. The van der Waals surface area contributed by atoms with Crippen molar-refractivity contribution in [3.05, 3.63) is 29.0 Å². The van der Waals surface area contributed by atoms with E-state index >= 15 is 0 Å². The van der Waals surface area contributed by atoms with Crippen molar-refractivity contribution >= 4 is 11.6 Å². The molecule has 0 aliphatic rings. The Morgan fingerprint density at radius 1 is 1.40 bits per heavy atom. The Morgan fingerprint density at radius 2 is 2.10 bits per heavy atom. The second-order valence-corrected chi connectivity index (χ2v) is 2.99. The van der Waals surface area contributed by atoms with Gasteiger partial charge in [0.15, 0.2) is 0 Å². The fraction of sp³-hybridized carbons (Fsp3) is 0.375. The van der Waals surface area contributed by atoms with Crippen LogP contribution in [0.3, 0.4) is 0 Å². The lowest BCUT2D eigenvalue weighted by atomic mass is 10.1. The van der Waals surface area contributed by atoms with Gasteiger partial charge in [0.2, 0.25) is 0 Å². The molecule has 1 aromatic rings. The molecule has 0 radical (unpaired) electrons. The summed E-state index contributed by atoms with van der Waals surface area (Å²) in [7, 11) is 0. The summed E-state index contributed by atoms with van der Waals surface area (Å²) in [5, 5.41) is 0.699. The van der Waals surface area contributed by atoms with E-state index in [9.17, 15) is 0 Å². The van der Waals surface area contributed by atoms with Crippen molar-refractivity contribution in [2.45, 2.75) is 19.8 Å². The van der Waals surface area contributed by atoms with Crippen LogP contribution in [0, 0.1) is 0 Å². The van der Waals surface area contributed by atoms with Crippen LogP contribution in [0.1, 0.15) is 25.5 Å². The molecule has 0 N–H and O–H groups in total. The SMILES string of the molecule is CC(C)c1ccc(Cl)cn1. The normalized spacial score (nSPS) is 10.4. The highest BCUT2D eigenvalue weighted by molar-refractivity contribution is 6.30.